The third kappa shape index (κ3) is 4.47. The Hall–Kier alpha value is -0.160. The van der Waals surface area contributed by atoms with Crippen molar-refractivity contribution in [3.05, 3.63) is 0 Å². The van der Waals surface area contributed by atoms with E-state index in [-0.39, 0.29) is 6.10 Å². The van der Waals surface area contributed by atoms with Gasteiger partial charge in [-0.3, -0.25) is 4.90 Å². The van der Waals surface area contributed by atoms with Gasteiger partial charge in [0.05, 0.1) is 12.7 Å². The van der Waals surface area contributed by atoms with Crippen LogP contribution in [0.5, 0.6) is 0 Å². The molecule has 1 heterocycles. The maximum Gasteiger partial charge on any atom is 0.0788 e. The number of ether oxygens (including phenoxy) is 1. The van der Waals surface area contributed by atoms with Crippen LogP contribution in [0.15, 0.2) is 0 Å². The van der Waals surface area contributed by atoms with Crippen molar-refractivity contribution in [1.29, 1.82) is 0 Å². The highest BCUT2D eigenvalue weighted by Crippen LogP contribution is 2.12. The van der Waals surface area contributed by atoms with Gasteiger partial charge in [0.25, 0.3) is 0 Å². The van der Waals surface area contributed by atoms with E-state index in [0.29, 0.717) is 12.6 Å². The molecule has 2 atom stereocenters. The lowest BCUT2D eigenvalue weighted by Gasteiger charge is -2.35. The van der Waals surface area contributed by atoms with Crippen LogP contribution in [0.4, 0.5) is 0 Å². The summed E-state index contributed by atoms with van der Waals surface area (Å²) < 4.78 is 4.96. The number of nitrogens with one attached hydrogen (secondary N) is 1. The Morgan fingerprint density at radius 3 is 2.60 bits per heavy atom. The van der Waals surface area contributed by atoms with E-state index in [0.717, 1.165) is 39.0 Å². The predicted molar refractivity (Wildman–Crippen MR) is 61.0 cm³/mol. The number of nitrogens with zero attached hydrogens (tertiary/aromatic N) is 1. The van der Waals surface area contributed by atoms with Gasteiger partial charge in [-0.1, -0.05) is 6.92 Å². The Balaban J connectivity index is 2.32. The summed E-state index contributed by atoms with van der Waals surface area (Å²) in [5, 5.41) is 13.1. The fourth-order valence-corrected chi connectivity index (χ4v) is 2.20. The molecule has 0 aliphatic carbocycles. The van der Waals surface area contributed by atoms with Crippen molar-refractivity contribution in [3.8, 4) is 0 Å². The van der Waals surface area contributed by atoms with Crippen molar-refractivity contribution >= 4 is 0 Å². The van der Waals surface area contributed by atoms with Crippen molar-refractivity contribution in [3.63, 3.8) is 0 Å². The molecule has 1 aliphatic heterocycles. The van der Waals surface area contributed by atoms with E-state index in [1.165, 1.54) is 0 Å². The van der Waals surface area contributed by atoms with Crippen LogP contribution < -0.4 is 5.32 Å². The summed E-state index contributed by atoms with van der Waals surface area (Å²) in [4.78, 5) is 2.47. The molecule has 15 heavy (non-hydrogen) atoms. The highest BCUT2D eigenvalue weighted by atomic mass is 16.5. The summed E-state index contributed by atoms with van der Waals surface area (Å²) in [6.45, 7) is 6.96. The molecule has 0 aromatic rings. The first kappa shape index (κ1) is 12.9. The van der Waals surface area contributed by atoms with Gasteiger partial charge in [0.1, 0.15) is 0 Å². The lowest BCUT2D eigenvalue weighted by molar-refractivity contribution is 0.0324. The summed E-state index contributed by atoms with van der Waals surface area (Å²) in [6.07, 6.45) is 1.60. The van der Waals surface area contributed by atoms with Crippen LogP contribution in [0.3, 0.4) is 0 Å². The molecule has 0 bridgehead atoms. The van der Waals surface area contributed by atoms with Crippen LogP contribution in [0, 0.1) is 0 Å². The van der Waals surface area contributed by atoms with E-state index in [1.807, 2.05) is 0 Å². The van der Waals surface area contributed by atoms with Gasteiger partial charge >= 0.3 is 0 Å². The first-order valence-electron chi connectivity index (χ1n) is 5.89. The van der Waals surface area contributed by atoms with Gasteiger partial charge in [-0.2, -0.15) is 0 Å². The third-order valence-electron chi connectivity index (χ3n) is 3.04. The van der Waals surface area contributed by atoms with Gasteiger partial charge in [0.2, 0.25) is 0 Å². The smallest absolute Gasteiger partial charge is 0.0788 e. The molecule has 4 nitrogen and oxygen atoms in total. The van der Waals surface area contributed by atoms with Crippen LogP contribution in [0.25, 0.3) is 0 Å². The molecule has 90 valence electrons. The summed E-state index contributed by atoms with van der Waals surface area (Å²) in [6, 6.07) is 0.497. The number of piperazine rings is 1. The van der Waals surface area contributed by atoms with E-state index in [9.17, 15) is 5.11 Å². The predicted octanol–water partition coefficient (Wildman–Crippen LogP) is 0.0676. The van der Waals surface area contributed by atoms with Crippen molar-refractivity contribution in [2.45, 2.75) is 31.9 Å². The maximum atomic E-state index is 9.71. The molecule has 0 aromatic carbocycles. The van der Waals surface area contributed by atoms with Gasteiger partial charge < -0.3 is 15.2 Å². The molecule has 4 heteroatoms. The Morgan fingerprint density at radius 2 is 2.07 bits per heavy atom. The number of hydrogen-bond donors (Lipinski definition) is 2. The molecule has 0 saturated carbocycles. The molecule has 0 amide bonds. The van der Waals surface area contributed by atoms with Crippen molar-refractivity contribution < 1.29 is 9.84 Å². The Morgan fingerprint density at radius 1 is 1.40 bits per heavy atom. The molecule has 2 N–H and O–H groups in total. The largest absolute Gasteiger partial charge is 0.391 e. The molecule has 2 unspecified atom stereocenters. The zero-order valence-corrected chi connectivity index (χ0v) is 9.91. The van der Waals surface area contributed by atoms with Crippen LogP contribution in [-0.2, 0) is 4.74 Å². The minimum Gasteiger partial charge on any atom is -0.391 e. The zero-order chi connectivity index (χ0) is 11.1. The molecule has 0 spiro atoms. The van der Waals surface area contributed by atoms with E-state index < -0.39 is 0 Å². The SMILES string of the molecule is CCC(CC(O)COC)N1CCNCC1. The molecular formula is C11H24N2O2. The standard InChI is InChI=1S/C11H24N2O2/c1-3-10(8-11(14)9-15-2)13-6-4-12-5-7-13/h10-12,14H,3-9H2,1-2H3. The van der Waals surface area contributed by atoms with E-state index in [4.69, 9.17) is 4.74 Å². The summed E-state index contributed by atoms with van der Waals surface area (Å²) in [5.74, 6) is 0. The number of hydrogen-bond acceptors (Lipinski definition) is 4. The number of methoxy groups -OCH3 is 1. The Kier molecular flexibility index (Phi) is 6.17. The number of aliphatic hydroxyl groups is 1. The van der Waals surface area contributed by atoms with Crippen molar-refractivity contribution in [2.24, 2.45) is 0 Å². The van der Waals surface area contributed by atoms with Crippen LogP contribution in [0.1, 0.15) is 19.8 Å². The number of aliphatic hydroxyl groups excluding tert-OH is 1. The summed E-state index contributed by atoms with van der Waals surface area (Å²) in [5.41, 5.74) is 0. The quantitative estimate of drug-likeness (QED) is 0.659. The fraction of sp³-hybridized carbons (Fsp3) is 1.00. The first-order valence-corrected chi connectivity index (χ1v) is 5.89. The minimum absolute atomic E-state index is 0.324. The van der Waals surface area contributed by atoms with Gasteiger partial charge in [-0.25, -0.2) is 0 Å². The second-order valence-corrected chi connectivity index (χ2v) is 4.19. The lowest BCUT2D eigenvalue weighted by Crippen LogP contribution is -2.49. The highest BCUT2D eigenvalue weighted by molar-refractivity contribution is 4.78. The highest BCUT2D eigenvalue weighted by Gasteiger charge is 2.21. The molecule has 1 saturated heterocycles. The van der Waals surface area contributed by atoms with E-state index in [1.54, 1.807) is 7.11 Å². The normalized spacial score (nSPS) is 22.6. The molecule has 1 rings (SSSR count). The second kappa shape index (κ2) is 7.17. The summed E-state index contributed by atoms with van der Waals surface area (Å²) in [7, 11) is 1.63. The van der Waals surface area contributed by atoms with Crippen LogP contribution in [0.2, 0.25) is 0 Å². The molecule has 0 aromatic heterocycles. The average Bonchev–Trinajstić information content (AvgIpc) is 2.27. The van der Waals surface area contributed by atoms with Crippen LogP contribution in [-0.4, -0.2) is 62.0 Å². The Bertz CT molecular complexity index is 161. The molecule has 0 radical (unpaired) electrons. The van der Waals surface area contributed by atoms with E-state index in [2.05, 4.69) is 17.1 Å². The average molecular weight is 216 g/mol. The van der Waals surface area contributed by atoms with Gasteiger partial charge in [0.15, 0.2) is 0 Å². The van der Waals surface area contributed by atoms with E-state index >= 15 is 0 Å². The first-order chi connectivity index (χ1) is 7.27. The van der Waals surface area contributed by atoms with Gasteiger partial charge in [-0.05, 0) is 12.8 Å². The minimum atomic E-state index is -0.324. The maximum absolute atomic E-state index is 9.71. The van der Waals surface area contributed by atoms with Crippen LogP contribution >= 0.6 is 0 Å². The Labute approximate surface area is 92.6 Å². The van der Waals surface area contributed by atoms with Gasteiger partial charge in [-0.15, -0.1) is 0 Å². The monoisotopic (exact) mass is 216 g/mol. The topological polar surface area (TPSA) is 44.7 Å². The fourth-order valence-electron chi connectivity index (χ4n) is 2.20. The third-order valence-corrected chi connectivity index (χ3v) is 3.04. The number of rotatable bonds is 6. The molecular weight excluding hydrogens is 192 g/mol. The van der Waals surface area contributed by atoms with Crippen molar-refractivity contribution in [1.82, 2.24) is 10.2 Å². The van der Waals surface area contributed by atoms with Crippen molar-refractivity contribution in [2.75, 3.05) is 39.9 Å². The zero-order valence-electron chi connectivity index (χ0n) is 9.91. The summed E-state index contributed by atoms with van der Waals surface area (Å²) >= 11 is 0. The molecule has 1 fully saturated rings. The lowest BCUT2D eigenvalue weighted by atomic mass is 10.0. The second-order valence-electron chi connectivity index (χ2n) is 4.19. The molecule has 1 aliphatic rings. The van der Waals surface area contributed by atoms with Gasteiger partial charge in [0, 0.05) is 39.3 Å².